The lowest BCUT2D eigenvalue weighted by molar-refractivity contribution is -0.162. The van der Waals surface area contributed by atoms with Crippen LogP contribution in [-0.4, -0.2) is 79.7 Å². The Morgan fingerprint density at radius 2 is 1.52 bits per heavy atom. The van der Waals surface area contributed by atoms with Crippen molar-refractivity contribution in [1.29, 1.82) is 0 Å². The minimum absolute atomic E-state index is 0.0915. The molecule has 1 aliphatic carbocycles. The zero-order valence-corrected chi connectivity index (χ0v) is 34.8. The fraction of sp³-hybridized carbons (Fsp3) is 0.467. The van der Waals surface area contributed by atoms with Crippen LogP contribution in [0.15, 0.2) is 91.5 Å². The number of carboxylic acid groups (broad SMARTS) is 1. The van der Waals surface area contributed by atoms with Gasteiger partial charge in [0.2, 0.25) is 5.91 Å². The Kier molecular flexibility index (Phi) is 13.6. The van der Waals surface area contributed by atoms with Gasteiger partial charge in [0, 0.05) is 31.2 Å². The Balaban J connectivity index is 1.32. The molecule has 11 heteroatoms. The van der Waals surface area contributed by atoms with Crippen LogP contribution >= 0.6 is 0 Å². The summed E-state index contributed by atoms with van der Waals surface area (Å²) in [6.07, 6.45) is 0.802. The van der Waals surface area contributed by atoms with E-state index in [9.17, 15) is 24.3 Å². The highest BCUT2D eigenvalue weighted by molar-refractivity contribution is 6.74. The second-order valence-corrected chi connectivity index (χ2v) is 21.5. The lowest BCUT2D eigenvalue weighted by atomic mass is 9.93. The van der Waals surface area contributed by atoms with Crippen LogP contribution in [0.4, 0.5) is 4.79 Å². The molecule has 0 radical (unpaired) electrons. The zero-order chi connectivity index (χ0) is 40.8. The number of ether oxygens (including phenoxy) is 2. The third kappa shape index (κ3) is 9.79. The van der Waals surface area contributed by atoms with Crippen molar-refractivity contribution in [2.45, 2.75) is 109 Å². The molecule has 0 bridgehead atoms. The summed E-state index contributed by atoms with van der Waals surface area (Å²) in [6, 6.07) is 23.7. The topological polar surface area (TPSA) is 131 Å². The Labute approximate surface area is 332 Å². The maximum atomic E-state index is 14.4. The largest absolute Gasteiger partial charge is 0.481 e. The second kappa shape index (κ2) is 18.0. The van der Waals surface area contributed by atoms with Gasteiger partial charge in [-0.2, -0.15) is 0 Å². The van der Waals surface area contributed by atoms with E-state index >= 15 is 0 Å². The fourth-order valence-corrected chi connectivity index (χ4v) is 8.77. The number of esters is 1. The number of carbonyl (C=O) groups excluding carboxylic acids is 3. The van der Waals surface area contributed by atoms with Crippen molar-refractivity contribution in [2.75, 3.05) is 13.2 Å². The number of amides is 2. The predicted molar refractivity (Wildman–Crippen MR) is 220 cm³/mol. The van der Waals surface area contributed by atoms with Crippen molar-refractivity contribution in [3.8, 4) is 11.1 Å². The van der Waals surface area contributed by atoms with Crippen LogP contribution in [0.3, 0.4) is 0 Å². The molecule has 0 aromatic heterocycles. The standard InChI is InChI=1S/C45H58N2O8Si/c1-9-29(2)39(27-40(30(3)42(49)50)55-56(7,8)45(4,5)6)54-43(51)38-24-17-25-47(38)41(48)37(26-31-18-11-10-12-19-31)46-44(52)53-28-36-34-22-15-13-20-32(34)33-21-14-16-23-35(33)36/h9-16,18-23,29-30,36-40H,1,17,24-28H2,2-8H3,(H,46,52)(H,49,50)/t29-,30+,37+,38-,39+,40-/m0/s1. The molecule has 0 spiro atoms. The van der Waals surface area contributed by atoms with E-state index in [0.29, 0.717) is 19.4 Å². The second-order valence-electron chi connectivity index (χ2n) is 16.8. The van der Waals surface area contributed by atoms with E-state index < -0.39 is 62.5 Å². The monoisotopic (exact) mass is 782 g/mol. The molecule has 6 atom stereocenters. The van der Waals surface area contributed by atoms with Gasteiger partial charge in [-0.05, 0) is 65.7 Å². The van der Waals surface area contributed by atoms with Crippen molar-refractivity contribution in [1.82, 2.24) is 10.2 Å². The van der Waals surface area contributed by atoms with Gasteiger partial charge in [0.15, 0.2) is 8.32 Å². The van der Waals surface area contributed by atoms with Crippen molar-refractivity contribution < 1.29 is 38.2 Å². The lowest BCUT2D eigenvalue weighted by Crippen LogP contribution is -2.53. The number of hydrogen-bond acceptors (Lipinski definition) is 7. The molecule has 1 aliphatic heterocycles. The van der Waals surface area contributed by atoms with Gasteiger partial charge < -0.3 is 29.2 Å². The van der Waals surface area contributed by atoms with Crippen LogP contribution in [0.5, 0.6) is 0 Å². The number of likely N-dealkylation sites (tertiary alicyclic amines) is 1. The van der Waals surface area contributed by atoms with Crippen LogP contribution in [0.1, 0.15) is 76.5 Å². The average Bonchev–Trinajstić information content (AvgIpc) is 3.79. The predicted octanol–water partition coefficient (Wildman–Crippen LogP) is 8.36. The summed E-state index contributed by atoms with van der Waals surface area (Å²) >= 11 is 0. The van der Waals surface area contributed by atoms with Crippen molar-refractivity contribution in [3.63, 3.8) is 0 Å². The van der Waals surface area contributed by atoms with E-state index in [0.717, 1.165) is 27.8 Å². The summed E-state index contributed by atoms with van der Waals surface area (Å²) in [5.41, 5.74) is 5.22. The van der Waals surface area contributed by atoms with Crippen LogP contribution < -0.4 is 5.32 Å². The number of carbonyl (C=O) groups is 4. The normalized spacial score (nSPS) is 18.1. The molecular weight excluding hydrogens is 725 g/mol. The molecule has 0 saturated carbocycles. The van der Waals surface area contributed by atoms with E-state index in [2.05, 4.69) is 57.9 Å². The maximum absolute atomic E-state index is 14.4. The first kappa shape index (κ1) is 42.4. The summed E-state index contributed by atoms with van der Waals surface area (Å²) in [5.74, 6) is -3.31. The van der Waals surface area contributed by atoms with Crippen LogP contribution in [0.25, 0.3) is 11.1 Å². The number of nitrogens with one attached hydrogen (secondary N) is 1. The van der Waals surface area contributed by atoms with Gasteiger partial charge in [-0.15, -0.1) is 6.58 Å². The molecule has 3 aromatic rings. The molecule has 10 nitrogen and oxygen atoms in total. The van der Waals surface area contributed by atoms with Crippen LogP contribution in [-0.2, 0) is 34.7 Å². The molecule has 300 valence electrons. The van der Waals surface area contributed by atoms with E-state index in [1.807, 2.05) is 73.7 Å². The molecule has 2 amide bonds. The van der Waals surface area contributed by atoms with Crippen molar-refractivity contribution >= 4 is 32.3 Å². The number of aliphatic carboxylic acids is 1. The summed E-state index contributed by atoms with van der Waals surface area (Å²) in [7, 11) is -2.41. The van der Waals surface area contributed by atoms with Crippen molar-refractivity contribution in [2.24, 2.45) is 11.8 Å². The van der Waals surface area contributed by atoms with Gasteiger partial charge >= 0.3 is 18.0 Å². The first-order chi connectivity index (χ1) is 26.5. The fourth-order valence-electron chi connectivity index (χ4n) is 7.36. The molecule has 0 unspecified atom stereocenters. The minimum atomic E-state index is -2.41. The number of carboxylic acids is 1. The molecule has 5 rings (SSSR count). The first-order valence-electron chi connectivity index (χ1n) is 19.7. The molecule has 1 heterocycles. The van der Waals surface area contributed by atoms with E-state index in [1.165, 1.54) is 4.90 Å². The van der Waals surface area contributed by atoms with Gasteiger partial charge in [-0.3, -0.25) is 9.59 Å². The number of rotatable bonds is 16. The van der Waals surface area contributed by atoms with Gasteiger partial charge in [0.25, 0.3) is 0 Å². The summed E-state index contributed by atoms with van der Waals surface area (Å²) in [5, 5.41) is 12.7. The number of alkyl carbamates (subject to hydrolysis) is 1. The van der Waals surface area contributed by atoms with Gasteiger partial charge in [-0.25, -0.2) is 9.59 Å². The van der Waals surface area contributed by atoms with Crippen molar-refractivity contribution in [3.05, 3.63) is 108 Å². The molecule has 56 heavy (non-hydrogen) atoms. The van der Waals surface area contributed by atoms with Crippen LogP contribution in [0, 0.1) is 11.8 Å². The van der Waals surface area contributed by atoms with Gasteiger partial charge in [0.1, 0.15) is 24.8 Å². The third-order valence-corrected chi connectivity index (χ3v) is 16.4. The summed E-state index contributed by atoms with van der Waals surface area (Å²) < 4.78 is 18.7. The third-order valence-electron chi connectivity index (χ3n) is 11.9. The lowest BCUT2D eigenvalue weighted by Gasteiger charge is -2.41. The van der Waals surface area contributed by atoms with Gasteiger partial charge in [-0.1, -0.05) is 113 Å². The molecule has 1 saturated heterocycles. The highest BCUT2D eigenvalue weighted by atomic mass is 28.4. The Hall–Kier alpha value is -4.74. The summed E-state index contributed by atoms with van der Waals surface area (Å²) in [6.45, 7) is 18.2. The van der Waals surface area contributed by atoms with Gasteiger partial charge in [0.05, 0.1) is 12.0 Å². The van der Waals surface area contributed by atoms with E-state index in [-0.39, 0.29) is 36.3 Å². The Morgan fingerprint density at radius 1 is 0.929 bits per heavy atom. The van der Waals surface area contributed by atoms with E-state index in [1.54, 1.807) is 13.0 Å². The molecule has 3 aromatic carbocycles. The maximum Gasteiger partial charge on any atom is 0.407 e. The highest BCUT2D eigenvalue weighted by Crippen LogP contribution is 2.44. The zero-order valence-electron chi connectivity index (χ0n) is 33.8. The van der Waals surface area contributed by atoms with E-state index in [4.69, 9.17) is 13.9 Å². The highest BCUT2D eigenvalue weighted by Gasteiger charge is 2.44. The molecule has 2 N–H and O–H groups in total. The summed E-state index contributed by atoms with van der Waals surface area (Å²) in [4.78, 5) is 55.7. The molecule has 1 fully saturated rings. The average molecular weight is 783 g/mol. The smallest absolute Gasteiger partial charge is 0.407 e. The minimum Gasteiger partial charge on any atom is -0.481 e. The van der Waals surface area contributed by atoms with Crippen LogP contribution in [0.2, 0.25) is 18.1 Å². The Bertz CT molecular complexity index is 1830. The number of hydrogen-bond donors (Lipinski definition) is 2. The SMILES string of the molecule is C=C[C@H](C)[C@@H](C[C@H](O[Si](C)(C)C(C)(C)C)[C@@H](C)C(=O)O)OC(=O)[C@@H]1CCCN1C(=O)[C@@H](Cc1ccccc1)NC(=O)OCC1c2ccccc2-c2ccccc21. The quantitative estimate of drug-likeness (QED) is 0.0843. The number of benzene rings is 3. The number of fused-ring (bicyclic) bond motifs is 3. The first-order valence-corrected chi connectivity index (χ1v) is 22.6. The number of nitrogens with zero attached hydrogens (tertiary/aromatic N) is 1. The molecular formula is C45H58N2O8Si. The Morgan fingerprint density at radius 3 is 2.09 bits per heavy atom. The molecule has 2 aliphatic rings.